The second kappa shape index (κ2) is 3.89. The van der Waals surface area contributed by atoms with Crippen LogP contribution in [-0.2, 0) is 9.59 Å². The van der Waals surface area contributed by atoms with Gasteiger partial charge >= 0.3 is 0 Å². The number of carbonyl (C=O) groups excluding carboxylic acids is 2. The van der Waals surface area contributed by atoms with Crippen molar-refractivity contribution in [2.24, 2.45) is 0 Å². The zero-order chi connectivity index (χ0) is 10.8. The van der Waals surface area contributed by atoms with Gasteiger partial charge in [-0.2, -0.15) is 0 Å². The number of nitrogens with one attached hydrogen (secondary N) is 2. The van der Waals surface area contributed by atoms with E-state index >= 15 is 0 Å². The zero-order valence-corrected chi connectivity index (χ0v) is 8.09. The highest BCUT2D eigenvalue weighted by Crippen LogP contribution is 2.15. The molecule has 78 valence electrons. The molecule has 1 heterocycles. The maximum atomic E-state index is 11.4. The molecule has 0 aromatic carbocycles. The molecule has 0 aromatic rings. The van der Waals surface area contributed by atoms with Crippen LogP contribution in [-0.4, -0.2) is 29.2 Å². The molecule has 0 aromatic heterocycles. The molecule has 3 N–H and O–H groups in total. The summed E-state index contributed by atoms with van der Waals surface area (Å²) in [6.45, 7) is 5.46. The molecule has 0 radical (unpaired) electrons. The van der Waals surface area contributed by atoms with Crippen LogP contribution in [0.4, 0.5) is 0 Å². The summed E-state index contributed by atoms with van der Waals surface area (Å²) in [4.78, 5) is 22.5. The van der Waals surface area contributed by atoms with Crippen molar-refractivity contribution in [2.75, 3.05) is 6.54 Å². The third-order valence-corrected chi connectivity index (χ3v) is 2.12. The molecule has 1 saturated heterocycles. The fourth-order valence-electron chi connectivity index (χ4n) is 1.23. The van der Waals surface area contributed by atoms with Crippen LogP contribution in [0.2, 0.25) is 0 Å². The molecule has 1 rings (SSSR count). The van der Waals surface area contributed by atoms with E-state index < -0.39 is 17.5 Å². The Kier molecular flexibility index (Phi) is 3.03. The van der Waals surface area contributed by atoms with Crippen molar-refractivity contribution in [3.63, 3.8) is 0 Å². The van der Waals surface area contributed by atoms with Crippen LogP contribution in [0.15, 0.2) is 12.2 Å². The number of imide groups is 1. The van der Waals surface area contributed by atoms with E-state index in [4.69, 9.17) is 0 Å². The summed E-state index contributed by atoms with van der Waals surface area (Å²) in [5, 5.41) is 14.4. The Balaban J connectivity index is 2.57. The first kappa shape index (κ1) is 10.9. The Hall–Kier alpha value is -1.20. The van der Waals surface area contributed by atoms with Gasteiger partial charge in [0.2, 0.25) is 0 Å². The van der Waals surface area contributed by atoms with Crippen molar-refractivity contribution in [1.82, 2.24) is 10.6 Å². The van der Waals surface area contributed by atoms with Gasteiger partial charge < -0.3 is 5.11 Å². The number of amides is 2. The normalized spacial score (nSPS) is 25.9. The van der Waals surface area contributed by atoms with Crippen LogP contribution >= 0.6 is 0 Å². The first-order chi connectivity index (χ1) is 6.46. The summed E-state index contributed by atoms with van der Waals surface area (Å²) in [6, 6.07) is 0. The van der Waals surface area contributed by atoms with E-state index in [0.29, 0.717) is 19.4 Å². The molecule has 5 nitrogen and oxygen atoms in total. The van der Waals surface area contributed by atoms with Crippen molar-refractivity contribution in [3.8, 4) is 0 Å². The van der Waals surface area contributed by atoms with Gasteiger partial charge in [-0.05, 0) is 19.9 Å². The summed E-state index contributed by atoms with van der Waals surface area (Å²) in [7, 11) is 0. The summed E-state index contributed by atoms with van der Waals surface area (Å²) >= 11 is 0. The largest absolute Gasteiger partial charge is 0.367 e. The van der Waals surface area contributed by atoms with Gasteiger partial charge in [0.1, 0.15) is 0 Å². The molecular formula is C9H14N2O3. The second-order valence-corrected chi connectivity index (χ2v) is 3.45. The van der Waals surface area contributed by atoms with Crippen molar-refractivity contribution < 1.29 is 14.7 Å². The van der Waals surface area contributed by atoms with E-state index in [2.05, 4.69) is 17.2 Å². The monoisotopic (exact) mass is 198 g/mol. The van der Waals surface area contributed by atoms with Gasteiger partial charge in [0.05, 0.1) is 0 Å². The molecule has 1 fully saturated rings. The number of hydrogen-bond acceptors (Lipinski definition) is 4. The third kappa shape index (κ3) is 2.18. The first-order valence-electron chi connectivity index (χ1n) is 4.44. The minimum Gasteiger partial charge on any atom is -0.367 e. The molecule has 0 bridgehead atoms. The van der Waals surface area contributed by atoms with Gasteiger partial charge in [0.15, 0.2) is 5.72 Å². The Bertz CT molecular complexity index is 280. The SMILES string of the molecule is C=C(C)C(=O)NC(=O)C1(O)CCCN1. The Labute approximate surface area is 82.2 Å². The smallest absolute Gasteiger partial charge is 0.274 e. The molecule has 14 heavy (non-hydrogen) atoms. The molecule has 0 spiro atoms. The van der Waals surface area contributed by atoms with E-state index in [1.807, 2.05) is 0 Å². The lowest BCUT2D eigenvalue weighted by Crippen LogP contribution is -2.54. The predicted molar refractivity (Wildman–Crippen MR) is 50.2 cm³/mol. The summed E-state index contributed by atoms with van der Waals surface area (Å²) in [6.07, 6.45) is 1.04. The van der Waals surface area contributed by atoms with Crippen molar-refractivity contribution >= 4 is 11.8 Å². The molecular weight excluding hydrogens is 184 g/mol. The number of hydrogen-bond donors (Lipinski definition) is 3. The van der Waals surface area contributed by atoms with E-state index in [0.717, 1.165) is 0 Å². The van der Waals surface area contributed by atoms with E-state index in [-0.39, 0.29) is 5.57 Å². The van der Waals surface area contributed by atoms with Crippen LogP contribution in [0, 0.1) is 0 Å². The van der Waals surface area contributed by atoms with Gasteiger partial charge in [0, 0.05) is 12.0 Å². The highest BCUT2D eigenvalue weighted by molar-refractivity contribution is 6.05. The molecule has 2 amide bonds. The molecule has 0 saturated carbocycles. The van der Waals surface area contributed by atoms with E-state index in [9.17, 15) is 14.7 Å². The van der Waals surface area contributed by atoms with Crippen LogP contribution in [0.3, 0.4) is 0 Å². The van der Waals surface area contributed by atoms with Crippen molar-refractivity contribution in [1.29, 1.82) is 0 Å². The molecule has 1 unspecified atom stereocenters. The molecule has 1 atom stereocenters. The maximum absolute atomic E-state index is 11.4. The fraction of sp³-hybridized carbons (Fsp3) is 0.556. The van der Waals surface area contributed by atoms with Gasteiger partial charge in [-0.3, -0.25) is 20.2 Å². The quantitative estimate of drug-likeness (QED) is 0.511. The number of rotatable bonds is 2. The van der Waals surface area contributed by atoms with Crippen LogP contribution < -0.4 is 10.6 Å². The average Bonchev–Trinajstić information content (AvgIpc) is 2.53. The third-order valence-electron chi connectivity index (χ3n) is 2.12. The summed E-state index contributed by atoms with van der Waals surface area (Å²) in [5.74, 6) is -1.26. The molecule has 1 aliphatic rings. The van der Waals surface area contributed by atoms with Gasteiger partial charge in [-0.1, -0.05) is 6.58 Å². The Morgan fingerprint density at radius 2 is 2.21 bits per heavy atom. The Morgan fingerprint density at radius 1 is 1.57 bits per heavy atom. The lowest BCUT2D eigenvalue weighted by molar-refractivity contribution is -0.144. The number of carbonyl (C=O) groups is 2. The zero-order valence-electron chi connectivity index (χ0n) is 8.09. The topological polar surface area (TPSA) is 78.4 Å². The van der Waals surface area contributed by atoms with E-state index in [1.54, 1.807) is 0 Å². The Morgan fingerprint density at radius 3 is 2.64 bits per heavy atom. The van der Waals surface area contributed by atoms with Crippen LogP contribution in [0.1, 0.15) is 19.8 Å². The molecule has 0 aliphatic carbocycles. The highest BCUT2D eigenvalue weighted by atomic mass is 16.3. The maximum Gasteiger partial charge on any atom is 0.274 e. The minimum absolute atomic E-state index is 0.236. The summed E-state index contributed by atoms with van der Waals surface area (Å²) < 4.78 is 0. The average molecular weight is 198 g/mol. The standard InChI is InChI=1S/C9H14N2O3/c1-6(2)7(12)11-8(13)9(14)4-3-5-10-9/h10,14H,1,3-5H2,2H3,(H,11,12,13). The lowest BCUT2D eigenvalue weighted by atomic mass is 10.1. The molecule has 1 aliphatic heterocycles. The van der Waals surface area contributed by atoms with Crippen molar-refractivity contribution in [3.05, 3.63) is 12.2 Å². The fourth-order valence-corrected chi connectivity index (χ4v) is 1.23. The van der Waals surface area contributed by atoms with Crippen LogP contribution in [0.5, 0.6) is 0 Å². The first-order valence-corrected chi connectivity index (χ1v) is 4.44. The molecule has 5 heteroatoms. The van der Waals surface area contributed by atoms with Gasteiger partial charge in [-0.15, -0.1) is 0 Å². The van der Waals surface area contributed by atoms with Crippen LogP contribution in [0.25, 0.3) is 0 Å². The van der Waals surface area contributed by atoms with Crippen molar-refractivity contribution in [2.45, 2.75) is 25.5 Å². The van der Waals surface area contributed by atoms with Gasteiger partial charge in [-0.25, -0.2) is 0 Å². The lowest BCUT2D eigenvalue weighted by Gasteiger charge is -2.20. The predicted octanol–water partition coefficient (Wildman–Crippen LogP) is -0.723. The second-order valence-electron chi connectivity index (χ2n) is 3.45. The highest BCUT2D eigenvalue weighted by Gasteiger charge is 2.39. The van der Waals surface area contributed by atoms with E-state index in [1.165, 1.54) is 6.92 Å². The summed E-state index contributed by atoms with van der Waals surface area (Å²) in [5.41, 5.74) is -1.36. The van der Waals surface area contributed by atoms with Gasteiger partial charge in [0.25, 0.3) is 11.8 Å². The minimum atomic E-state index is -1.59. The number of aliphatic hydroxyl groups is 1.